The maximum atomic E-state index is 12.0. The molecule has 0 bridgehead atoms. The molecule has 90 valence electrons. The fourth-order valence-corrected chi connectivity index (χ4v) is 4.95. The van der Waals surface area contributed by atoms with Crippen molar-refractivity contribution in [3.05, 3.63) is 14.9 Å². The molecular formula is C7H8BrClN2O2S3. The molecule has 0 amide bonds. The van der Waals surface area contributed by atoms with Crippen molar-refractivity contribution in [3.8, 4) is 0 Å². The topological polar surface area (TPSA) is 63.4 Å². The van der Waals surface area contributed by atoms with Crippen molar-refractivity contribution in [2.24, 2.45) is 5.73 Å². The molecule has 1 aromatic heterocycles. The van der Waals surface area contributed by atoms with Gasteiger partial charge in [0.15, 0.2) is 0 Å². The van der Waals surface area contributed by atoms with Crippen LogP contribution < -0.4 is 5.73 Å². The van der Waals surface area contributed by atoms with Gasteiger partial charge in [0, 0.05) is 7.05 Å². The van der Waals surface area contributed by atoms with Crippen LogP contribution in [-0.2, 0) is 10.0 Å². The zero-order valence-electron chi connectivity index (χ0n) is 8.11. The van der Waals surface area contributed by atoms with Crippen LogP contribution in [0.2, 0.25) is 5.02 Å². The highest BCUT2D eigenvalue weighted by molar-refractivity contribution is 9.11. The molecule has 0 spiro atoms. The molecule has 0 unspecified atom stereocenters. The number of rotatable bonds is 4. The average molecular weight is 364 g/mol. The Morgan fingerprint density at radius 1 is 1.75 bits per heavy atom. The van der Waals surface area contributed by atoms with Gasteiger partial charge in [0.2, 0.25) is 0 Å². The summed E-state index contributed by atoms with van der Waals surface area (Å²) in [4.78, 5) is 0.118. The van der Waals surface area contributed by atoms with Gasteiger partial charge >= 0.3 is 0 Å². The Morgan fingerprint density at radius 3 is 2.69 bits per heavy atom. The summed E-state index contributed by atoms with van der Waals surface area (Å²) >= 11 is 14.6. The first-order chi connectivity index (χ1) is 7.25. The van der Waals surface area contributed by atoms with Crippen molar-refractivity contribution < 1.29 is 8.42 Å². The number of thiocarbonyl (C=S) groups is 1. The summed E-state index contributed by atoms with van der Waals surface area (Å²) in [6.07, 6.45) is 0. The van der Waals surface area contributed by atoms with Gasteiger partial charge in [-0.3, -0.25) is 0 Å². The van der Waals surface area contributed by atoms with Crippen LogP contribution in [-0.4, -0.2) is 31.3 Å². The minimum atomic E-state index is -3.57. The lowest BCUT2D eigenvalue weighted by molar-refractivity contribution is 0.508. The molecule has 16 heavy (non-hydrogen) atoms. The van der Waals surface area contributed by atoms with Crippen LogP contribution in [0.15, 0.2) is 14.1 Å². The molecule has 1 rings (SSSR count). The number of hydrogen-bond acceptors (Lipinski definition) is 4. The number of hydrogen-bond donors (Lipinski definition) is 1. The van der Waals surface area contributed by atoms with E-state index in [1.165, 1.54) is 13.1 Å². The lowest BCUT2D eigenvalue weighted by atomic mass is 10.7. The predicted octanol–water partition coefficient (Wildman–Crippen LogP) is 2.07. The van der Waals surface area contributed by atoms with Crippen LogP contribution in [0.5, 0.6) is 0 Å². The van der Waals surface area contributed by atoms with E-state index >= 15 is 0 Å². The Kier molecular flexibility index (Phi) is 4.73. The monoisotopic (exact) mass is 362 g/mol. The van der Waals surface area contributed by atoms with Crippen LogP contribution in [0, 0.1) is 0 Å². The largest absolute Gasteiger partial charge is 0.392 e. The first-order valence-corrected chi connectivity index (χ1v) is 7.78. The third kappa shape index (κ3) is 3.14. The summed E-state index contributed by atoms with van der Waals surface area (Å²) in [5.74, 6) is 0. The van der Waals surface area contributed by atoms with Gasteiger partial charge < -0.3 is 5.73 Å². The Hall–Kier alpha value is 0.270. The second-order valence-electron chi connectivity index (χ2n) is 2.91. The van der Waals surface area contributed by atoms with E-state index in [1.54, 1.807) is 0 Å². The Morgan fingerprint density at radius 2 is 2.31 bits per heavy atom. The highest BCUT2D eigenvalue weighted by Crippen LogP contribution is 2.35. The molecule has 0 aromatic carbocycles. The quantitative estimate of drug-likeness (QED) is 0.832. The van der Waals surface area contributed by atoms with E-state index in [1.807, 2.05) is 0 Å². The SMILES string of the molecule is CN(CC(N)=S)S(=O)(=O)c1cc(Cl)c(Br)s1. The molecule has 0 aliphatic carbocycles. The van der Waals surface area contributed by atoms with Crippen LogP contribution in [0.3, 0.4) is 0 Å². The van der Waals surface area contributed by atoms with E-state index < -0.39 is 10.0 Å². The van der Waals surface area contributed by atoms with Gasteiger partial charge in [-0.15, -0.1) is 11.3 Å². The highest BCUT2D eigenvalue weighted by Gasteiger charge is 2.24. The zero-order chi connectivity index (χ0) is 12.5. The van der Waals surface area contributed by atoms with Crippen molar-refractivity contribution in [2.75, 3.05) is 13.6 Å². The fourth-order valence-electron chi connectivity index (χ4n) is 0.912. The molecule has 0 saturated carbocycles. The number of thiophene rings is 1. The van der Waals surface area contributed by atoms with Crippen molar-refractivity contribution in [1.29, 1.82) is 0 Å². The summed E-state index contributed by atoms with van der Waals surface area (Å²) in [5.41, 5.74) is 5.30. The smallest absolute Gasteiger partial charge is 0.252 e. The van der Waals surface area contributed by atoms with Crippen molar-refractivity contribution in [3.63, 3.8) is 0 Å². The van der Waals surface area contributed by atoms with E-state index in [-0.39, 0.29) is 15.7 Å². The second kappa shape index (κ2) is 5.28. The molecule has 0 atom stereocenters. The first-order valence-electron chi connectivity index (χ1n) is 3.94. The molecule has 1 heterocycles. The number of nitrogens with zero attached hydrogens (tertiary/aromatic N) is 1. The molecule has 0 aliphatic heterocycles. The lowest BCUT2D eigenvalue weighted by Gasteiger charge is -2.14. The van der Waals surface area contributed by atoms with Gasteiger partial charge in [0.25, 0.3) is 10.0 Å². The highest BCUT2D eigenvalue weighted by atomic mass is 79.9. The minimum Gasteiger partial charge on any atom is -0.392 e. The number of likely N-dealkylation sites (N-methyl/N-ethyl adjacent to an activating group) is 1. The summed E-state index contributed by atoms with van der Waals surface area (Å²) in [6.45, 7) is 0.00477. The summed E-state index contributed by atoms with van der Waals surface area (Å²) in [5, 5.41) is 0.368. The number of halogens is 2. The standard InChI is InChI=1S/C7H8BrClN2O2S3/c1-11(3-5(10)14)16(12,13)6-2-4(9)7(8)15-6/h2H,3H2,1H3,(H2,10,14). The molecular weight excluding hydrogens is 356 g/mol. The molecule has 0 radical (unpaired) electrons. The number of nitrogens with two attached hydrogens (primary N) is 1. The van der Waals surface area contributed by atoms with Gasteiger partial charge in [-0.25, -0.2) is 8.42 Å². The van der Waals surface area contributed by atoms with E-state index in [0.717, 1.165) is 15.6 Å². The lowest BCUT2D eigenvalue weighted by Crippen LogP contribution is -2.34. The van der Waals surface area contributed by atoms with E-state index in [4.69, 9.17) is 17.3 Å². The molecule has 1 aromatic rings. The fraction of sp³-hybridized carbons (Fsp3) is 0.286. The van der Waals surface area contributed by atoms with Crippen molar-refractivity contribution in [1.82, 2.24) is 4.31 Å². The van der Waals surface area contributed by atoms with Crippen molar-refractivity contribution in [2.45, 2.75) is 4.21 Å². The van der Waals surface area contributed by atoms with E-state index in [0.29, 0.717) is 8.81 Å². The van der Waals surface area contributed by atoms with Crippen LogP contribution >= 0.6 is 51.1 Å². The molecule has 0 saturated heterocycles. The van der Waals surface area contributed by atoms with Gasteiger partial charge in [0.05, 0.1) is 20.3 Å². The van der Waals surface area contributed by atoms with Gasteiger partial charge in [-0.1, -0.05) is 23.8 Å². The van der Waals surface area contributed by atoms with Gasteiger partial charge in [0.1, 0.15) is 4.21 Å². The molecule has 4 nitrogen and oxygen atoms in total. The maximum Gasteiger partial charge on any atom is 0.252 e. The molecule has 0 fully saturated rings. The van der Waals surface area contributed by atoms with Crippen LogP contribution in [0.1, 0.15) is 0 Å². The summed E-state index contributed by atoms with van der Waals surface area (Å²) < 4.78 is 25.8. The Balaban J connectivity index is 3.06. The number of sulfonamides is 1. The third-order valence-electron chi connectivity index (χ3n) is 1.67. The van der Waals surface area contributed by atoms with E-state index in [9.17, 15) is 8.42 Å². The normalized spacial score (nSPS) is 12.0. The van der Waals surface area contributed by atoms with Gasteiger partial charge in [-0.05, 0) is 22.0 Å². The first kappa shape index (κ1) is 14.3. The Bertz CT molecular complexity index is 494. The second-order valence-corrected chi connectivity index (χ2v) is 8.49. The molecule has 2 N–H and O–H groups in total. The van der Waals surface area contributed by atoms with Crippen LogP contribution in [0.25, 0.3) is 0 Å². The van der Waals surface area contributed by atoms with Crippen molar-refractivity contribution >= 4 is 66.1 Å². The summed E-state index contributed by atoms with van der Waals surface area (Å²) in [7, 11) is -2.15. The minimum absolute atomic E-state index is 0.00477. The maximum absolute atomic E-state index is 12.0. The van der Waals surface area contributed by atoms with E-state index in [2.05, 4.69) is 28.1 Å². The molecule has 0 aliphatic rings. The third-order valence-corrected chi connectivity index (χ3v) is 6.52. The average Bonchev–Trinajstić information content (AvgIpc) is 2.46. The molecule has 9 heteroatoms. The zero-order valence-corrected chi connectivity index (χ0v) is 12.9. The predicted molar refractivity (Wildman–Crippen MR) is 73.6 cm³/mol. The van der Waals surface area contributed by atoms with Gasteiger partial charge in [-0.2, -0.15) is 4.31 Å². The summed E-state index contributed by atoms with van der Waals surface area (Å²) in [6, 6.07) is 1.39. The van der Waals surface area contributed by atoms with Crippen LogP contribution in [0.4, 0.5) is 0 Å². The Labute approximate surface area is 117 Å².